The molecule has 9 heteroatoms. The van der Waals surface area contributed by atoms with Crippen LogP contribution >= 0.6 is 0 Å². The molecule has 0 heterocycles. The Kier molecular flexibility index (Phi) is 4.41. The number of sulfonamides is 1. The summed E-state index contributed by atoms with van der Waals surface area (Å²) in [4.78, 5) is 20.9. The Morgan fingerprint density at radius 2 is 1.91 bits per heavy atom. The predicted molar refractivity (Wildman–Crippen MR) is 80.3 cm³/mol. The molecular weight excluding hydrogens is 327 g/mol. The zero-order valence-corrected chi connectivity index (χ0v) is 12.6. The summed E-state index contributed by atoms with van der Waals surface area (Å²) >= 11 is 0. The molecule has 1 N–H and O–H groups in total. The first kappa shape index (κ1) is 16.6. The Hall–Kier alpha value is -2.81. The van der Waals surface area contributed by atoms with Crippen molar-refractivity contribution in [2.75, 3.05) is 4.72 Å². The molecule has 2 aromatic rings. The van der Waals surface area contributed by atoms with E-state index in [0.29, 0.717) is 0 Å². The van der Waals surface area contributed by atoms with E-state index in [1.807, 2.05) is 0 Å². The number of carbonyl (C=O) groups excluding carboxylic acids is 1. The molecular formula is C14H11FN2O5S. The van der Waals surface area contributed by atoms with Gasteiger partial charge in [0.2, 0.25) is 5.82 Å². The van der Waals surface area contributed by atoms with Crippen LogP contribution in [0, 0.1) is 15.9 Å². The van der Waals surface area contributed by atoms with Crippen LogP contribution in [0.25, 0.3) is 0 Å². The Labute approximate surface area is 131 Å². The number of hydrogen-bond donors (Lipinski definition) is 1. The van der Waals surface area contributed by atoms with Crippen molar-refractivity contribution >= 4 is 27.2 Å². The molecule has 0 spiro atoms. The van der Waals surface area contributed by atoms with E-state index in [4.69, 9.17) is 0 Å². The van der Waals surface area contributed by atoms with Gasteiger partial charge in [-0.3, -0.25) is 19.6 Å². The van der Waals surface area contributed by atoms with E-state index in [9.17, 15) is 27.7 Å². The van der Waals surface area contributed by atoms with Crippen molar-refractivity contribution in [2.45, 2.75) is 11.8 Å². The topological polar surface area (TPSA) is 106 Å². The molecule has 2 rings (SSSR count). The molecule has 0 aliphatic heterocycles. The van der Waals surface area contributed by atoms with Gasteiger partial charge < -0.3 is 0 Å². The molecule has 0 fully saturated rings. The molecule has 0 bridgehead atoms. The Balaban J connectivity index is 2.39. The van der Waals surface area contributed by atoms with Crippen LogP contribution < -0.4 is 4.72 Å². The molecule has 0 atom stereocenters. The van der Waals surface area contributed by atoms with E-state index in [-0.39, 0.29) is 21.9 Å². The van der Waals surface area contributed by atoms with Gasteiger partial charge in [0.15, 0.2) is 5.78 Å². The van der Waals surface area contributed by atoms with Crippen molar-refractivity contribution < 1.29 is 22.5 Å². The zero-order valence-electron chi connectivity index (χ0n) is 11.8. The average molecular weight is 338 g/mol. The van der Waals surface area contributed by atoms with Crippen LogP contribution in [0.3, 0.4) is 0 Å². The van der Waals surface area contributed by atoms with Gasteiger partial charge in [0.1, 0.15) is 0 Å². The number of ketones is 1. The number of benzene rings is 2. The first-order valence-electron chi connectivity index (χ1n) is 6.28. The van der Waals surface area contributed by atoms with Crippen LogP contribution in [-0.2, 0) is 10.0 Å². The van der Waals surface area contributed by atoms with Gasteiger partial charge in [-0.25, -0.2) is 8.42 Å². The Morgan fingerprint density at radius 3 is 2.52 bits per heavy atom. The van der Waals surface area contributed by atoms with E-state index in [2.05, 4.69) is 4.72 Å². The molecule has 0 radical (unpaired) electrons. The molecule has 0 amide bonds. The second-order valence-electron chi connectivity index (χ2n) is 4.61. The Bertz CT molecular complexity index is 896. The molecule has 0 unspecified atom stereocenters. The van der Waals surface area contributed by atoms with Gasteiger partial charge in [-0.15, -0.1) is 0 Å². The maximum absolute atomic E-state index is 13.3. The maximum Gasteiger partial charge on any atom is 0.306 e. The molecule has 7 nitrogen and oxygen atoms in total. The normalized spacial score (nSPS) is 11.0. The molecule has 2 aromatic carbocycles. The third-order valence-corrected chi connectivity index (χ3v) is 4.32. The summed E-state index contributed by atoms with van der Waals surface area (Å²) in [5.74, 6) is -1.38. The van der Waals surface area contributed by atoms with Gasteiger partial charge >= 0.3 is 5.69 Å². The highest BCUT2D eigenvalue weighted by atomic mass is 32.2. The zero-order chi connectivity index (χ0) is 17.2. The first-order valence-corrected chi connectivity index (χ1v) is 7.77. The monoisotopic (exact) mass is 338 g/mol. The number of nitrogens with zero attached hydrogens (tertiary/aromatic N) is 1. The molecule has 0 aliphatic carbocycles. The number of anilines is 1. The van der Waals surface area contributed by atoms with Gasteiger partial charge in [0.25, 0.3) is 10.0 Å². The molecule has 23 heavy (non-hydrogen) atoms. The van der Waals surface area contributed by atoms with Gasteiger partial charge in [-0.05, 0) is 31.2 Å². The largest absolute Gasteiger partial charge is 0.306 e. The number of halogens is 1. The summed E-state index contributed by atoms with van der Waals surface area (Å²) in [7, 11) is -4.07. The number of nitrogens with one attached hydrogen (secondary N) is 1. The van der Waals surface area contributed by atoms with E-state index in [1.54, 1.807) is 0 Å². The van der Waals surface area contributed by atoms with Crippen LogP contribution in [0.2, 0.25) is 0 Å². The predicted octanol–water partition coefficient (Wildman–Crippen LogP) is 2.74. The lowest BCUT2D eigenvalue weighted by Gasteiger charge is -2.09. The maximum atomic E-state index is 13.3. The van der Waals surface area contributed by atoms with Crippen molar-refractivity contribution in [1.82, 2.24) is 0 Å². The number of rotatable bonds is 5. The molecule has 120 valence electrons. The third-order valence-electron chi connectivity index (χ3n) is 2.95. The number of carbonyl (C=O) groups is 1. The summed E-state index contributed by atoms with van der Waals surface area (Å²) in [6, 6.07) is 7.95. The highest BCUT2D eigenvalue weighted by Gasteiger charge is 2.19. The minimum Gasteiger partial charge on any atom is -0.295 e. The molecule has 0 aliphatic rings. The minimum absolute atomic E-state index is 0.161. The van der Waals surface area contributed by atoms with E-state index >= 15 is 0 Å². The van der Waals surface area contributed by atoms with E-state index in [1.165, 1.54) is 31.2 Å². The quantitative estimate of drug-likeness (QED) is 0.512. The third kappa shape index (κ3) is 3.69. The Morgan fingerprint density at radius 1 is 1.22 bits per heavy atom. The van der Waals surface area contributed by atoms with Crippen molar-refractivity contribution in [3.05, 3.63) is 64.0 Å². The van der Waals surface area contributed by atoms with Crippen molar-refractivity contribution in [3.63, 3.8) is 0 Å². The minimum atomic E-state index is -4.07. The van der Waals surface area contributed by atoms with Gasteiger partial charge in [0, 0.05) is 11.6 Å². The number of nitro benzene ring substituents is 1. The van der Waals surface area contributed by atoms with Crippen LogP contribution in [0.4, 0.5) is 15.8 Å². The second kappa shape index (κ2) is 6.13. The molecule has 0 saturated carbocycles. The lowest BCUT2D eigenvalue weighted by molar-refractivity contribution is -0.387. The fourth-order valence-electron chi connectivity index (χ4n) is 1.81. The van der Waals surface area contributed by atoms with Crippen molar-refractivity contribution in [3.8, 4) is 0 Å². The highest BCUT2D eigenvalue weighted by Crippen LogP contribution is 2.24. The summed E-state index contributed by atoms with van der Waals surface area (Å²) in [6.45, 7) is 1.29. The molecule has 0 saturated heterocycles. The van der Waals surface area contributed by atoms with Crippen molar-refractivity contribution in [2.24, 2.45) is 0 Å². The van der Waals surface area contributed by atoms with Gasteiger partial charge in [-0.2, -0.15) is 4.39 Å². The number of Topliss-reactive ketones (excluding diaryl/α,β-unsaturated/α-hetero) is 1. The summed E-state index contributed by atoms with van der Waals surface area (Å²) in [5.41, 5.74) is -0.799. The summed E-state index contributed by atoms with van der Waals surface area (Å²) < 4.78 is 39.9. The van der Waals surface area contributed by atoms with E-state index < -0.39 is 26.5 Å². The van der Waals surface area contributed by atoms with Crippen molar-refractivity contribution in [1.29, 1.82) is 0 Å². The average Bonchev–Trinajstić information content (AvgIpc) is 2.49. The fraction of sp³-hybridized carbons (Fsp3) is 0.0714. The lowest BCUT2D eigenvalue weighted by atomic mass is 10.2. The number of hydrogen-bond acceptors (Lipinski definition) is 5. The fourth-order valence-corrected chi connectivity index (χ4v) is 2.91. The standard InChI is InChI=1S/C14H11FN2O5S/c1-9(18)10-3-2-4-12(7-10)23(21,22)16-11-5-6-13(15)14(8-11)17(19)20/h2-8,16H,1H3. The van der Waals surface area contributed by atoms with Crippen LogP contribution in [-0.4, -0.2) is 19.1 Å². The second-order valence-corrected chi connectivity index (χ2v) is 6.30. The van der Waals surface area contributed by atoms with Crippen LogP contribution in [0.1, 0.15) is 17.3 Å². The first-order chi connectivity index (χ1) is 10.7. The van der Waals surface area contributed by atoms with Gasteiger partial charge in [0.05, 0.1) is 15.5 Å². The lowest BCUT2D eigenvalue weighted by Crippen LogP contribution is -2.13. The summed E-state index contributed by atoms with van der Waals surface area (Å²) in [6.07, 6.45) is 0. The van der Waals surface area contributed by atoms with Crippen LogP contribution in [0.15, 0.2) is 47.4 Å². The SMILES string of the molecule is CC(=O)c1cccc(S(=O)(=O)Nc2ccc(F)c([N+](=O)[O-])c2)c1. The van der Waals surface area contributed by atoms with Crippen LogP contribution in [0.5, 0.6) is 0 Å². The highest BCUT2D eigenvalue weighted by molar-refractivity contribution is 7.92. The van der Waals surface area contributed by atoms with E-state index in [0.717, 1.165) is 18.2 Å². The smallest absolute Gasteiger partial charge is 0.295 e. The number of nitro groups is 1. The molecule has 0 aromatic heterocycles. The van der Waals surface area contributed by atoms with Gasteiger partial charge in [-0.1, -0.05) is 12.1 Å². The summed E-state index contributed by atoms with van der Waals surface area (Å²) in [5, 5.41) is 10.7.